The number of carbonyl (C=O) groups excluding carboxylic acids is 1. The van der Waals surface area contributed by atoms with Gasteiger partial charge in [-0.2, -0.15) is 0 Å². The molecule has 0 saturated heterocycles. The summed E-state index contributed by atoms with van der Waals surface area (Å²) in [6.07, 6.45) is 9.02. The van der Waals surface area contributed by atoms with Crippen molar-refractivity contribution in [2.45, 2.75) is 64.5 Å². The Bertz CT molecular complexity index is 186. The molecular formula is C12H23NO2. The molecule has 1 saturated carbocycles. The van der Waals surface area contributed by atoms with Crippen LogP contribution in [0.2, 0.25) is 0 Å². The number of hydrogen-bond acceptors (Lipinski definition) is 3. The van der Waals surface area contributed by atoms with Gasteiger partial charge in [-0.25, -0.2) is 0 Å². The standard InChI is InChI=1S/C12H23NO2/c1-10(13)15-12(14)9-5-8-11-6-3-2-4-7-11/h10-11H,2-9,13H2,1H3. The lowest BCUT2D eigenvalue weighted by molar-refractivity contribution is -0.148. The third-order valence-corrected chi connectivity index (χ3v) is 3.04. The third kappa shape index (κ3) is 5.78. The normalized spacial score (nSPS) is 19.9. The van der Waals surface area contributed by atoms with Crippen LogP contribution in [0.4, 0.5) is 0 Å². The van der Waals surface area contributed by atoms with Gasteiger partial charge in [-0.15, -0.1) is 0 Å². The van der Waals surface area contributed by atoms with Crippen molar-refractivity contribution in [3.8, 4) is 0 Å². The Labute approximate surface area is 92.4 Å². The maximum Gasteiger partial charge on any atom is 0.307 e. The van der Waals surface area contributed by atoms with Crippen LogP contribution < -0.4 is 5.73 Å². The van der Waals surface area contributed by atoms with Crippen molar-refractivity contribution in [2.75, 3.05) is 0 Å². The molecule has 0 radical (unpaired) electrons. The van der Waals surface area contributed by atoms with Gasteiger partial charge in [0.15, 0.2) is 0 Å². The van der Waals surface area contributed by atoms with E-state index in [1.807, 2.05) is 0 Å². The SMILES string of the molecule is CC(N)OC(=O)CCCC1CCCCC1. The molecule has 1 aliphatic carbocycles. The van der Waals surface area contributed by atoms with E-state index in [1.54, 1.807) is 6.92 Å². The second-order valence-electron chi connectivity index (χ2n) is 4.59. The van der Waals surface area contributed by atoms with E-state index in [0.717, 1.165) is 12.3 Å². The van der Waals surface area contributed by atoms with E-state index in [1.165, 1.54) is 38.5 Å². The minimum absolute atomic E-state index is 0.152. The van der Waals surface area contributed by atoms with E-state index in [2.05, 4.69) is 0 Å². The van der Waals surface area contributed by atoms with E-state index in [4.69, 9.17) is 10.5 Å². The largest absolute Gasteiger partial charge is 0.447 e. The second-order valence-corrected chi connectivity index (χ2v) is 4.59. The highest BCUT2D eigenvalue weighted by atomic mass is 16.5. The molecule has 0 amide bonds. The Morgan fingerprint density at radius 1 is 1.40 bits per heavy atom. The molecule has 1 rings (SSSR count). The van der Waals surface area contributed by atoms with Crippen molar-refractivity contribution >= 4 is 5.97 Å². The molecule has 3 nitrogen and oxygen atoms in total. The van der Waals surface area contributed by atoms with Crippen LogP contribution >= 0.6 is 0 Å². The summed E-state index contributed by atoms with van der Waals surface area (Å²) in [7, 11) is 0. The molecule has 0 heterocycles. The zero-order valence-corrected chi connectivity index (χ0v) is 9.71. The monoisotopic (exact) mass is 213 g/mol. The summed E-state index contributed by atoms with van der Waals surface area (Å²) in [5.74, 6) is 0.697. The molecule has 15 heavy (non-hydrogen) atoms. The summed E-state index contributed by atoms with van der Waals surface area (Å²) in [5, 5.41) is 0. The van der Waals surface area contributed by atoms with Crippen molar-refractivity contribution < 1.29 is 9.53 Å². The number of nitrogens with two attached hydrogens (primary N) is 1. The number of rotatable bonds is 5. The minimum Gasteiger partial charge on any atom is -0.447 e. The molecule has 1 fully saturated rings. The lowest BCUT2D eigenvalue weighted by atomic mass is 9.86. The Morgan fingerprint density at radius 2 is 2.07 bits per heavy atom. The van der Waals surface area contributed by atoms with Gasteiger partial charge in [-0.3, -0.25) is 10.5 Å². The zero-order chi connectivity index (χ0) is 11.1. The first kappa shape index (κ1) is 12.5. The fourth-order valence-electron chi connectivity index (χ4n) is 2.28. The van der Waals surface area contributed by atoms with Crippen LogP contribution in [0.25, 0.3) is 0 Å². The third-order valence-electron chi connectivity index (χ3n) is 3.04. The van der Waals surface area contributed by atoms with Crippen LogP contribution in [0.3, 0.4) is 0 Å². The Hall–Kier alpha value is -0.570. The van der Waals surface area contributed by atoms with E-state index < -0.39 is 6.23 Å². The molecule has 3 heteroatoms. The van der Waals surface area contributed by atoms with E-state index >= 15 is 0 Å². The topological polar surface area (TPSA) is 52.3 Å². The highest BCUT2D eigenvalue weighted by molar-refractivity contribution is 5.69. The average Bonchev–Trinajstić information content (AvgIpc) is 2.18. The molecule has 1 aliphatic rings. The summed E-state index contributed by atoms with van der Waals surface area (Å²) < 4.78 is 4.88. The molecule has 0 aromatic rings. The molecule has 2 N–H and O–H groups in total. The minimum atomic E-state index is -0.466. The first-order valence-corrected chi connectivity index (χ1v) is 6.13. The predicted octanol–water partition coefficient (Wildman–Crippen LogP) is 2.58. The van der Waals surface area contributed by atoms with E-state index in [9.17, 15) is 4.79 Å². The van der Waals surface area contributed by atoms with Crippen molar-refractivity contribution in [3.05, 3.63) is 0 Å². The van der Waals surface area contributed by atoms with Gasteiger partial charge in [0.1, 0.15) is 6.23 Å². The summed E-state index contributed by atoms with van der Waals surface area (Å²) >= 11 is 0. The van der Waals surface area contributed by atoms with Crippen LogP contribution in [0.1, 0.15) is 58.3 Å². The summed E-state index contributed by atoms with van der Waals surface area (Å²) in [5.41, 5.74) is 5.36. The second kappa shape index (κ2) is 6.83. The van der Waals surface area contributed by atoms with E-state index in [-0.39, 0.29) is 5.97 Å². The van der Waals surface area contributed by atoms with Gasteiger partial charge in [0.2, 0.25) is 0 Å². The van der Waals surface area contributed by atoms with Crippen LogP contribution in [-0.2, 0) is 9.53 Å². The van der Waals surface area contributed by atoms with Crippen LogP contribution in [0, 0.1) is 5.92 Å². The number of hydrogen-bond donors (Lipinski definition) is 1. The number of esters is 1. The predicted molar refractivity (Wildman–Crippen MR) is 60.2 cm³/mol. The van der Waals surface area contributed by atoms with Crippen LogP contribution in [-0.4, -0.2) is 12.2 Å². The maximum absolute atomic E-state index is 11.2. The zero-order valence-electron chi connectivity index (χ0n) is 9.71. The molecule has 0 aliphatic heterocycles. The molecular weight excluding hydrogens is 190 g/mol. The van der Waals surface area contributed by atoms with Gasteiger partial charge in [0.25, 0.3) is 0 Å². The molecule has 1 atom stereocenters. The van der Waals surface area contributed by atoms with Crippen LogP contribution in [0.15, 0.2) is 0 Å². The maximum atomic E-state index is 11.2. The van der Waals surface area contributed by atoms with Gasteiger partial charge < -0.3 is 4.74 Å². The van der Waals surface area contributed by atoms with Gasteiger partial charge in [0.05, 0.1) is 0 Å². The first-order valence-electron chi connectivity index (χ1n) is 6.13. The number of ether oxygens (including phenoxy) is 1. The summed E-state index contributed by atoms with van der Waals surface area (Å²) in [6, 6.07) is 0. The average molecular weight is 213 g/mol. The quantitative estimate of drug-likeness (QED) is 0.564. The summed E-state index contributed by atoms with van der Waals surface area (Å²) in [6.45, 7) is 1.68. The fourth-order valence-corrected chi connectivity index (χ4v) is 2.28. The Balaban J connectivity index is 2.02. The molecule has 0 aromatic carbocycles. The van der Waals surface area contributed by atoms with Crippen molar-refractivity contribution in [2.24, 2.45) is 11.7 Å². The van der Waals surface area contributed by atoms with Crippen molar-refractivity contribution in [1.82, 2.24) is 0 Å². The lowest BCUT2D eigenvalue weighted by Gasteiger charge is -2.21. The van der Waals surface area contributed by atoms with Crippen molar-refractivity contribution in [1.29, 1.82) is 0 Å². The smallest absolute Gasteiger partial charge is 0.307 e. The number of carbonyl (C=O) groups is 1. The van der Waals surface area contributed by atoms with Crippen LogP contribution in [0.5, 0.6) is 0 Å². The highest BCUT2D eigenvalue weighted by Crippen LogP contribution is 2.27. The molecule has 0 spiro atoms. The summed E-state index contributed by atoms with van der Waals surface area (Å²) in [4.78, 5) is 11.2. The highest BCUT2D eigenvalue weighted by Gasteiger charge is 2.14. The van der Waals surface area contributed by atoms with E-state index in [0.29, 0.717) is 6.42 Å². The molecule has 88 valence electrons. The lowest BCUT2D eigenvalue weighted by Crippen LogP contribution is -2.23. The van der Waals surface area contributed by atoms with Gasteiger partial charge >= 0.3 is 5.97 Å². The molecule has 1 unspecified atom stereocenters. The van der Waals surface area contributed by atoms with Gasteiger partial charge in [0, 0.05) is 6.42 Å². The van der Waals surface area contributed by atoms with Gasteiger partial charge in [-0.1, -0.05) is 32.1 Å². The van der Waals surface area contributed by atoms with Gasteiger partial charge in [-0.05, 0) is 25.7 Å². The first-order chi connectivity index (χ1) is 7.18. The Morgan fingerprint density at radius 3 is 2.67 bits per heavy atom. The Kier molecular flexibility index (Phi) is 5.69. The van der Waals surface area contributed by atoms with Crippen molar-refractivity contribution in [3.63, 3.8) is 0 Å². The molecule has 0 aromatic heterocycles. The fraction of sp³-hybridized carbons (Fsp3) is 0.917. The molecule has 0 bridgehead atoms.